The van der Waals surface area contributed by atoms with E-state index >= 15 is 0 Å². The molecule has 5 nitrogen and oxygen atoms in total. The third-order valence-electron chi connectivity index (χ3n) is 6.07. The fourth-order valence-electron chi connectivity index (χ4n) is 4.23. The summed E-state index contributed by atoms with van der Waals surface area (Å²) >= 11 is 1.35. The van der Waals surface area contributed by atoms with Gasteiger partial charge in [0.2, 0.25) is 0 Å². The molecule has 170 valence electrons. The van der Waals surface area contributed by atoms with E-state index in [9.17, 15) is 14.7 Å². The van der Waals surface area contributed by atoms with Crippen molar-refractivity contribution in [2.24, 2.45) is 0 Å². The van der Waals surface area contributed by atoms with E-state index in [0.717, 1.165) is 21.3 Å². The molecule has 2 heterocycles. The van der Waals surface area contributed by atoms with E-state index < -0.39 is 17.7 Å². The van der Waals surface area contributed by atoms with Crippen LogP contribution in [-0.4, -0.2) is 21.8 Å². The molecule has 1 N–H and O–H groups in total. The van der Waals surface area contributed by atoms with Crippen molar-refractivity contribution in [3.63, 3.8) is 0 Å². The number of hydrogen-bond donors (Lipinski definition) is 1. The number of hydrogen-bond acceptors (Lipinski definition) is 5. The lowest BCUT2D eigenvalue weighted by atomic mass is 9.85. The lowest BCUT2D eigenvalue weighted by Crippen LogP contribution is -2.29. The van der Waals surface area contributed by atoms with E-state index in [-0.39, 0.29) is 16.7 Å². The molecule has 0 spiro atoms. The molecule has 6 heteroatoms. The standard InChI is InChI=1S/C28H24N2O3S/c1-28(2,3)19-15-13-17(14-16-19)23-22(24(31)18-9-5-4-6-10-18)25(32)26(33)30(23)27-29-20-11-7-8-12-21(20)34-27/h4-16,23,31H,1-3H3/b24-22+. The second-order valence-electron chi connectivity index (χ2n) is 9.37. The number of Topliss-reactive ketones (excluding diaryl/α,β-unsaturated/α-hetero) is 1. The fraction of sp³-hybridized carbons (Fsp3) is 0.179. The van der Waals surface area contributed by atoms with Gasteiger partial charge in [-0.3, -0.25) is 14.5 Å². The highest BCUT2D eigenvalue weighted by Crippen LogP contribution is 2.44. The van der Waals surface area contributed by atoms with Gasteiger partial charge in [-0.15, -0.1) is 0 Å². The summed E-state index contributed by atoms with van der Waals surface area (Å²) in [5, 5.41) is 11.6. The van der Waals surface area contributed by atoms with Crippen LogP contribution >= 0.6 is 11.3 Å². The van der Waals surface area contributed by atoms with Gasteiger partial charge in [0.1, 0.15) is 5.76 Å². The predicted octanol–water partition coefficient (Wildman–Crippen LogP) is 6.22. The van der Waals surface area contributed by atoms with Crippen LogP contribution in [0.25, 0.3) is 16.0 Å². The third kappa shape index (κ3) is 3.70. The Morgan fingerprint density at radius 1 is 0.912 bits per heavy atom. The van der Waals surface area contributed by atoms with E-state index in [1.165, 1.54) is 16.2 Å². The first-order valence-corrected chi connectivity index (χ1v) is 11.9. The maximum absolute atomic E-state index is 13.3. The van der Waals surface area contributed by atoms with Crippen LogP contribution in [0.4, 0.5) is 5.13 Å². The molecule has 5 rings (SSSR count). The van der Waals surface area contributed by atoms with Gasteiger partial charge in [-0.2, -0.15) is 0 Å². The van der Waals surface area contributed by atoms with Crippen LogP contribution in [0.1, 0.15) is 43.5 Å². The molecule has 0 radical (unpaired) electrons. The van der Waals surface area contributed by atoms with Gasteiger partial charge in [0, 0.05) is 5.56 Å². The molecular formula is C28H24N2O3S. The number of para-hydroxylation sites is 1. The zero-order valence-electron chi connectivity index (χ0n) is 19.1. The normalized spacial score (nSPS) is 18.1. The maximum atomic E-state index is 13.3. The number of thiazole rings is 1. The number of aliphatic hydroxyl groups excluding tert-OH is 1. The summed E-state index contributed by atoms with van der Waals surface area (Å²) in [5.41, 5.74) is 3.15. The van der Waals surface area contributed by atoms with Gasteiger partial charge in [-0.05, 0) is 28.7 Å². The van der Waals surface area contributed by atoms with E-state index in [4.69, 9.17) is 0 Å². The Balaban J connectivity index is 1.72. The van der Waals surface area contributed by atoms with E-state index in [1.54, 1.807) is 24.3 Å². The van der Waals surface area contributed by atoms with Gasteiger partial charge < -0.3 is 5.11 Å². The average Bonchev–Trinajstić information content (AvgIpc) is 3.37. The monoisotopic (exact) mass is 468 g/mol. The van der Waals surface area contributed by atoms with Crippen LogP contribution in [0.5, 0.6) is 0 Å². The highest BCUT2D eigenvalue weighted by Gasteiger charge is 2.48. The van der Waals surface area contributed by atoms with Crippen molar-refractivity contribution in [1.29, 1.82) is 0 Å². The molecule has 1 aromatic heterocycles. The minimum absolute atomic E-state index is 0.0442. The van der Waals surface area contributed by atoms with Gasteiger partial charge in [0.05, 0.1) is 21.8 Å². The van der Waals surface area contributed by atoms with Crippen molar-refractivity contribution in [3.05, 3.63) is 101 Å². The topological polar surface area (TPSA) is 70.5 Å². The summed E-state index contributed by atoms with van der Waals surface area (Å²) in [6, 6.07) is 23.5. The molecule has 1 amide bonds. The number of ketones is 1. The van der Waals surface area contributed by atoms with Gasteiger partial charge in [0.15, 0.2) is 5.13 Å². The Morgan fingerprint density at radius 2 is 1.56 bits per heavy atom. The minimum atomic E-state index is -0.783. The summed E-state index contributed by atoms with van der Waals surface area (Å²) in [6.45, 7) is 6.39. The Morgan fingerprint density at radius 3 is 2.21 bits per heavy atom. The summed E-state index contributed by atoms with van der Waals surface area (Å²) in [7, 11) is 0. The van der Waals surface area contributed by atoms with E-state index in [1.807, 2.05) is 54.6 Å². The molecule has 1 fully saturated rings. The molecule has 4 aromatic rings. The Bertz CT molecular complexity index is 1400. The van der Waals surface area contributed by atoms with Crippen molar-refractivity contribution in [3.8, 4) is 0 Å². The van der Waals surface area contributed by atoms with Crippen LogP contribution in [0.15, 0.2) is 84.4 Å². The number of anilines is 1. The van der Waals surface area contributed by atoms with Crippen LogP contribution in [0, 0.1) is 0 Å². The highest BCUT2D eigenvalue weighted by atomic mass is 32.1. The number of carbonyl (C=O) groups excluding carboxylic acids is 2. The van der Waals surface area contributed by atoms with Crippen LogP contribution < -0.4 is 4.90 Å². The first-order valence-electron chi connectivity index (χ1n) is 11.1. The van der Waals surface area contributed by atoms with Crippen LogP contribution in [0.3, 0.4) is 0 Å². The molecule has 0 bridgehead atoms. The number of rotatable bonds is 3. The van der Waals surface area contributed by atoms with Gasteiger partial charge in [-0.1, -0.05) is 98.8 Å². The Kier molecular flexibility index (Phi) is 5.33. The molecule has 34 heavy (non-hydrogen) atoms. The lowest BCUT2D eigenvalue weighted by Gasteiger charge is -2.24. The smallest absolute Gasteiger partial charge is 0.301 e. The highest BCUT2D eigenvalue weighted by molar-refractivity contribution is 7.22. The summed E-state index contributed by atoms with van der Waals surface area (Å²) < 4.78 is 0.921. The first-order chi connectivity index (χ1) is 16.3. The largest absolute Gasteiger partial charge is 0.507 e. The van der Waals surface area contributed by atoms with Gasteiger partial charge in [0.25, 0.3) is 5.78 Å². The Hall–Kier alpha value is -3.77. The van der Waals surface area contributed by atoms with E-state index in [2.05, 4.69) is 25.8 Å². The molecular weight excluding hydrogens is 444 g/mol. The summed E-state index contributed by atoms with van der Waals surface area (Å²) in [4.78, 5) is 32.7. The second kappa shape index (κ2) is 8.22. The molecule has 0 aliphatic carbocycles. The summed E-state index contributed by atoms with van der Waals surface area (Å²) in [6.07, 6.45) is 0. The zero-order valence-corrected chi connectivity index (χ0v) is 20.0. The SMILES string of the molecule is CC(C)(C)c1ccc(C2/C(=C(\O)c3ccccc3)C(=O)C(=O)N2c2nc3ccccc3s2)cc1. The number of aliphatic hydroxyl groups is 1. The van der Waals surface area contributed by atoms with Crippen molar-refractivity contribution < 1.29 is 14.7 Å². The predicted molar refractivity (Wildman–Crippen MR) is 136 cm³/mol. The molecule has 1 aliphatic heterocycles. The van der Waals surface area contributed by atoms with Crippen molar-refractivity contribution in [1.82, 2.24) is 4.98 Å². The van der Waals surface area contributed by atoms with Crippen LogP contribution in [-0.2, 0) is 15.0 Å². The minimum Gasteiger partial charge on any atom is -0.507 e. The zero-order chi connectivity index (χ0) is 24.0. The van der Waals surface area contributed by atoms with Gasteiger partial charge in [-0.25, -0.2) is 4.98 Å². The third-order valence-corrected chi connectivity index (χ3v) is 7.11. The molecule has 1 unspecified atom stereocenters. The van der Waals surface area contributed by atoms with E-state index in [0.29, 0.717) is 10.7 Å². The molecule has 0 saturated carbocycles. The number of amides is 1. The summed E-state index contributed by atoms with van der Waals surface area (Å²) in [5.74, 6) is -1.60. The number of nitrogens with zero attached hydrogens (tertiary/aromatic N) is 2. The second-order valence-corrected chi connectivity index (χ2v) is 10.4. The average molecular weight is 469 g/mol. The molecule has 1 aliphatic rings. The van der Waals surface area contributed by atoms with Crippen LogP contribution in [0.2, 0.25) is 0 Å². The molecule has 1 saturated heterocycles. The quantitative estimate of drug-likeness (QED) is 0.220. The number of carbonyl (C=O) groups is 2. The maximum Gasteiger partial charge on any atom is 0.301 e. The molecule has 1 atom stereocenters. The fourth-order valence-corrected chi connectivity index (χ4v) is 5.22. The lowest BCUT2D eigenvalue weighted by molar-refractivity contribution is -0.132. The number of benzene rings is 3. The van der Waals surface area contributed by atoms with Gasteiger partial charge >= 0.3 is 5.91 Å². The number of aromatic nitrogens is 1. The molecule has 3 aromatic carbocycles. The first kappa shape index (κ1) is 22.0. The van der Waals surface area contributed by atoms with Crippen molar-refractivity contribution in [2.75, 3.05) is 4.90 Å². The van der Waals surface area contributed by atoms with Crippen molar-refractivity contribution in [2.45, 2.75) is 32.2 Å². The number of fused-ring (bicyclic) bond motifs is 1. The van der Waals surface area contributed by atoms with Crippen molar-refractivity contribution >= 4 is 44.1 Å². The Labute approximate surface area is 202 Å².